The molecule has 1 unspecified atom stereocenters. The number of hydrogen-bond acceptors (Lipinski definition) is 5. The molecule has 1 atom stereocenters. The third-order valence-corrected chi connectivity index (χ3v) is 4.31. The molecule has 3 aromatic rings. The number of carbonyl (C=O) groups excluding carboxylic acids is 2. The van der Waals surface area contributed by atoms with Crippen LogP contribution >= 0.6 is 0 Å². The van der Waals surface area contributed by atoms with E-state index >= 15 is 0 Å². The Morgan fingerprint density at radius 1 is 1.50 bits per heavy atom. The van der Waals surface area contributed by atoms with Crippen LogP contribution < -0.4 is 10.6 Å². The van der Waals surface area contributed by atoms with E-state index in [1.807, 2.05) is 6.07 Å². The van der Waals surface area contributed by atoms with Crippen LogP contribution in [0.1, 0.15) is 33.4 Å². The van der Waals surface area contributed by atoms with E-state index in [2.05, 4.69) is 15.7 Å². The zero-order chi connectivity index (χ0) is 18.3. The minimum atomic E-state index is -0.504. The van der Waals surface area contributed by atoms with Crippen molar-refractivity contribution in [3.05, 3.63) is 47.5 Å². The predicted molar refractivity (Wildman–Crippen MR) is 94.1 cm³/mol. The highest BCUT2D eigenvalue weighted by atomic mass is 16.3. The lowest BCUT2D eigenvalue weighted by molar-refractivity contribution is 0.0932. The van der Waals surface area contributed by atoms with Gasteiger partial charge in [-0.15, -0.1) is 0 Å². The number of hydrogen-bond donors (Lipinski definition) is 3. The van der Waals surface area contributed by atoms with E-state index in [0.29, 0.717) is 36.5 Å². The molecule has 134 valence electrons. The highest BCUT2D eigenvalue weighted by Crippen LogP contribution is 2.24. The molecule has 1 aromatic carbocycles. The lowest BCUT2D eigenvalue weighted by atomic mass is 10.0. The Bertz CT molecular complexity index is 1000. The van der Waals surface area contributed by atoms with Crippen molar-refractivity contribution in [2.75, 3.05) is 11.9 Å². The summed E-state index contributed by atoms with van der Waals surface area (Å²) in [5.74, 6) is -0.156. The van der Waals surface area contributed by atoms with Crippen LogP contribution in [0, 0.1) is 0 Å². The van der Waals surface area contributed by atoms with Gasteiger partial charge in [0.15, 0.2) is 0 Å². The summed E-state index contributed by atoms with van der Waals surface area (Å²) >= 11 is 0. The maximum atomic E-state index is 12.6. The smallest absolute Gasteiger partial charge is 0.259 e. The van der Waals surface area contributed by atoms with Crippen LogP contribution in [-0.4, -0.2) is 39.4 Å². The number of fused-ring (bicyclic) bond motifs is 2. The van der Waals surface area contributed by atoms with E-state index in [9.17, 15) is 14.7 Å². The van der Waals surface area contributed by atoms with Gasteiger partial charge in [-0.25, -0.2) is 0 Å². The fourth-order valence-electron chi connectivity index (χ4n) is 3.14. The highest BCUT2D eigenvalue weighted by Gasteiger charge is 2.27. The summed E-state index contributed by atoms with van der Waals surface area (Å²) in [6.45, 7) is 2.60. The van der Waals surface area contributed by atoms with E-state index in [4.69, 9.17) is 4.42 Å². The first-order valence-electron chi connectivity index (χ1n) is 8.36. The molecule has 3 N–H and O–H groups in total. The van der Waals surface area contributed by atoms with Crippen molar-refractivity contribution in [3.8, 4) is 0 Å². The van der Waals surface area contributed by atoms with Gasteiger partial charge in [0.05, 0.1) is 35.5 Å². The Morgan fingerprint density at radius 2 is 2.35 bits per heavy atom. The van der Waals surface area contributed by atoms with Gasteiger partial charge in [0.2, 0.25) is 0 Å². The third-order valence-electron chi connectivity index (χ3n) is 4.31. The molecule has 1 aliphatic heterocycles. The van der Waals surface area contributed by atoms with Crippen LogP contribution in [0.15, 0.2) is 35.1 Å². The van der Waals surface area contributed by atoms with E-state index < -0.39 is 12.0 Å². The van der Waals surface area contributed by atoms with Gasteiger partial charge in [-0.3, -0.25) is 14.3 Å². The number of benzene rings is 1. The second kappa shape index (κ2) is 6.30. The van der Waals surface area contributed by atoms with Crippen molar-refractivity contribution in [2.45, 2.75) is 26.0 Å². The number of amides is 2. The van der Waals surface area contributed by atoms with Gasteiger partial charge >= 0.3 is 0 Å². The van der Waals surface area contributed by atoms with Gasteiger partial charge in [0, 0.05) is 24.0 Å². The van der Waals surface area contributed by atoms with Gasteiger partial charge in [-0.1, -0.05) is 0 Å². The summed E-state index contributed by atoms with van der Waals surface area (Å²) in [5, 5.41) is 20.1. The van der Waals surface area contributed by atoms with Gasteiger partial charge < -0.3 is 20.2 Å². The summed E-state index contributed by atoms with van der Waals surface area (Å²) in [7, 11) is 0. The number of carbonyl (C=O) groups is 2. The fraction of sp³-hybridized carbons (Fsp3) is 0.278. The summed E-state index contributed by atoms with van der Waals surface area (Å²) in [5.41, 5.74) is 1.98. The van der Waals surface area contributed by atoms with E-state index in [1.165, 1.54) is 6.26 Å². The van der Waals surface area contributed by atoms with Gasteiger partial charge in [0.25, 0.3) is 11.8 Å². The van der Waals surface area contributed by atoms with Crippen LogP contribution in [0.5, 0.6) is 0 Å². The normalized spacial score (nSPS) is 14.8. The molecule has 2 amide bonds. The molecule has 1 aliphatic rings. The van der Waals surface area contributed by atoms with E-state index in [0.717, 1.165) is 10.9 Å². The molecule has 0 aliphatic carbocycles. The Hall–Kier alpha value is -3.13. The molecule has 26 heavy (non-hydrogen) atoms. The molecule has 4 rings (SSSR count). The second-order valence-electron chi connectivity index (χ2n) is 6.36. The second-order valence-corrected chi connectivity index (χ2v) is 6.36. The number of aliphatic hydroxyl groups is 1. The van der Waals surface area contributed by atoms with Gasteiger partial charge in [0.1, 0.15) is 12.0 Å². The van der Waals surface area contributed by atoms with Crippen LogP contribution in [0.2, 0.25) is 0 Å². The molecule has 8 heteroatoms. The zero-order valence-electron chi connectivity index (χ0n) is 14.2. The number of aliphatic hydroxyl groups excluding tert-OH is 1. The Balaban J connectivity index is 1.59. The summed E-state index contributed by atoms with van der Waals surface area (Å²) in [6.07, 6.45) is 3.07. The molecule has 0 saturated carbocycles. The number of nitrogens with one attached hydrogen (secondary N) is 2. The van der Waals surface area contributed by atoms with Crippen molar-refractivity contribution in [1.29, 1.82) is 0 Å². The number of furan rings is 1. The lowest BCUT2D eigenvalue weighted by Gasteiger charge is -2.12. The summed E-state index contributed by atoms with van der Waals surface area (Å²) in [6, 6.07) is 5.39. The number of aromatic nitrogens is 2. The first-order valence-corrected chi connectivity index (χ1v) is 8.36. The molecule has 0 bridgehead atoms. The van der Waals surface area contributed by atoms with E-state index in [1.54, 1.807) is 29.9 Å². The van der Waals surface area contributed by atoms with Crippen LogP contribution in [0.3, 0.4) is 0 Å². The highest BCUT2D eigenvalue weighted by molar-refractivity contribution is 6.13. The van der Waals surface area contributed by atoms with Crippen LogP contribution in [0.4, 0.5) is 5.69 Å². The molecule has 2 aromatic heterocycles. The predicted octanol–water partition coefficient (Wildman–Crippen LogP) is 1.55. The van der Waals surface area contributed by atoms with Crippen LogP contribution in [-0.2, 0) is 13.0 Å². The van der Waals surface area contributed by atoms with Crippen molar-refractivity contribution in [1.82, 2.24) is 15.1 Å². The number of rotatable bonds is 4. The standard InChI is InChI=1S/C18H18N4O4/c1-10(23)8-22-14-3-2-12(6-11(14)7-20-22)21-17(24)13-9-26-15-4-5-19-18(25)16(13)15/h2-3,6-7,9-10,23H,4-5,8H2,1H3,(H,19,25)(H,21,24). The van der Waals surface area contributed by atoms with Gasteiger partial charge in [-0.2, -0.15) is 5.10 Å². The van der Waals surface area contributed by atoms with Crippen molar-refractivity contribution >= 4 is 28.4 Å². The first kappa shape index (κ1) is 16.3. The third kappa shape index (κ3) is 2.84. The molecular weight excluding hydrogens is 336 g/mol. The molecule has 0 spiro atoms. The Morgan fingerprint density at radius 3 is 3.15 bits per heavy atom. The van der Waals surface area contributed by atoms with E-state index in [-0.39, 0.29) is 11.5 Å². The minimum absolute atomic E-state index is 0.224. The molecule has 0 fully saturated rings. The molecule has 8 nitrogen and oxygen atoms in total. The maximum Gasteiger partial charge on any atom is 0.259 e. The van der Waals surface area contributed by atoms with Gasteiger partial charge in [-0.05, 0) is 25.1 Å². The Kier molecular flexibility index (Phi) is 3.96. The number of anilines is 1. The van der Waals surface area contributed by atoms with Crippen molar-refractivity contribution in [2.24, 2.45) is 0 Å². The average molecular weight is 354 g/mol. The minimum Gasteiger partial charge on any atom is -0.468 e. The van der Waals surface area contributed by atoms with Crippen molar-refractivity contribution < 1.29 is 19.1 Å². The average Bonchev–Trinajstić information content (AvgIpc) is 3.19. The summed E-state index contributed by atoms with van der Waals surface area (Å²) < 4.78 is 7.08. The zero-order valence-corrected chi connectivity index (χ0v) is 14.2. The first-order chi connectivity index (χ1) is 12.5. The SMILES string of the molecule is CC(O)Cn1ncc2cc(NC(=O)c3coc4c3C(=O)NCC4)ccc21. The molecule has 3 heterocycles. The largest absolute Gasteiger partial charge is 0.468 e. The molecular formula is C18H18N4O4. The Labute approximate surface area is 148 Å². The molecule has 0 saturated heterocycles. The topological polar surface area (TPSA) is 109 Å². The maximum absolute atomic E-state index is 12.6. The van der Waals surface area contributed by atoms with Crippen molar-refractivity contribution in [3.63, 3.8) is 0 Å². The monoisotopic (exact) mass is 354 g/mol. The summed E-state index contributed by atoms with van der Waals surface area (Å²) in [4.78, 5) is 24.6. The quantitative estimate of drug-likeness (QED) is 0.658. The number of nitrogens with zero attached hydrogens (tertiary/aromatic N) is 2. The molecule has 0 radical (unpaired) electrons. The fourth-order valence-corrected chi connectivity index (χ4v) is 3.14. The van der Waals surface area contributed by atoms with Crippen LogP contribution in [0.25, 0.3) is 10.9 Å². The lowest BCUT2D eigenvalue weighted by Crippen LogP contribution is -2.32.